The Labute approximate surface area is 651 Å². The molecule has 0 N–H and O–H groups in total. The molecule has 6 heteroatoms. The van der Waals surface area contributed by atoms with E-state index in [2.05, 4.69) is 348 Å². The van der Waals surface area contributed by atoms with Gasteiger partial charge in [0.15, 0.2) is 0 Å². The fourth-order valence-electron chi connectivity index (χ4n) is 14.7. The van der Waals surface area contributed by atoms with E-state index in [0.717, 1.165) is 25.7 Å². The van der Waals surface area contributed by atoms with E-state index in [1.165, 1.54) is 201 Å². The molecule has 0 aliphatic rings. The van der Waals surface area contributed by atoms with Crippen LogP contribution in [0, 0.1) is 27.7 Å². The molecule has 0 aromatic heterocycles. The molecule has 0 amide bonds. The average Bonchev–Trinajstić information content (AvgIpc) is 1.49. The fraction of sp³-hybridized carbons (Fsp3) is 0.208. The number of hydrogen-bond donors (Lipinski definition) is 0. The standard InChI is InChI=1S/4C23H21.2C2H6Si.2ClH.2Zr/c4*1-3-7-17-14-19-9-6-11-21(22(19)15-17)23-16(2)12-13-18-8-4-5-10-20(18)23;2*1-3-2;;;;/h4*4-6,8-15H,3,7H2,1-2H3;2*1-2H3;2*1H;;/q4*-1;;;;;2*+2/p-2. The third-order valence-corrected chi connectivity index (χ3v) is 19.0. The predicted octanol–water partition coefficient (Wildman–Crippen LogP) is 22.1. The maximum absolute atomic E-state index is 2.38. The molecule has 0 fully saturated rings. The number of halogens is 2. The summed E-state index contributed by atoms with van der Waals surface area (Å²) in [5, 5.41) is 21.6. The van der Waals surface area contributed by atoms with Gasteiger partial charge in [0.25, 0.3) is 0 Å². The second kappa shape index (κ2) is 37.6. The van der Waals surface area contributed by atoms with Gasteiger partial charge in [-0.25, -0.2) is 0 Å². The van der Waals surface area contributed by atoms with E-state index in [1.807, 2.05) is 0 Å². The van der Waals surface area contributed by atoms with Crippen molar-refractivity contribution in [2.75, 3.05) is 0 Å². The van der Waals surface area contributed by atoms with E-state index >= 15 is 0 Å². The summed E-state index contributed by atoms with van der Waals surface area (Å²) in [4.78, 5) is 0. The SMILES string of the molecule is CCCc1cc2c(-c3c(C)ccc4ccccc34)cccc2[cH-]1.CCCc1cc2c(-c3c(C)ccc4ccccc34)cccc2[cH-]1.CCCc1cc2c(-c3c(C)ccc4ccccc34)cccc2[cH-]1.CCCc1cc2c(-c3c(C)ccc4ccccc34)cccc2[cH-]1.C[Si](C)=[Zr+2].C[Si](C)=[Zr+2].[Cl-].[Cl-]. The van der Waals surface area contributed by atoms with Gasteiger partial charge in [0, 0.05) is 0 Å². The molecule has 0 saturated heterocycles. The van der Waals surface area contributed by atoms with Crippen LogP contribution in [-0.4, -0.2) is 10.9 Å². The van der Waals surface area contributed by atoms with Gasteiger partial charge in [-0.15, -0.1) is 138 Å². The molecule has 0 unspecified atom stereocenters. The van der Waals surface area contributed by atoms with E-state index in [1.54, 1.807) is 46.7 Å². The Balaban J connectivity index is 0.000000152. The molecule has 0 radical (unpaired) electrons. The zero-order valence-corrected chi connectivity index (χ0v) is 70.2. The first-order chi connectivity index (χ1) is 48.6. The van der Waals surface area contributed by atoms with Gasteiger partial charge in [-0.2, -0.15) is 24.3 Å². The number of hydrogen-bond acceptors (Lipinski definition) is 0. The summed E-state index contributed by atoms with van der Waals surface area (Å²) < 4.78 is 0. The van der Waals surface area contributed by atoms with Gasteiger partial charge in [-0.3, -0.25) is 0 Å². The molecule has 16 aromatic rings. The van der Waals surface area contributed by atoms with Crippen molar-refractivity contribution in [1.29, 1.82) is 0 Å². The molecule has 0 bridgehead atoms. The molecule has 16 aromatic carbocycles. The van der Waals surface area contributed by atoms with Crippen molar-refractivity contribution in [3.8, 4) is 44.5 Å². The second-order valence-electron chi connectivity index (χ2n) is 27.6. The van der Waals surface area contributed by atoms with Crippen LogP contribution in [0.25, 0.3) is 131 Å². The normalized spacial score (nSPS) is 10.8. The summed E-state index contributed by atoms with van der Waals surface area (Å²) in [6.45, 7) is 27.1. The molecule has 0 aliphatic carbocycles. The van der Waals surface area contributed by atoms with Crippen LogP contribution in [-0.2, 0) is 72.4 Å². The maximum atomic E-state index is 2.38. The van der Waals surface area contributed by atoms with Gasteiger partial charge < -0.3 is 24.8 Å². The Hall–Kier alpha value is -7.10. The molecular weight excluding hydrogens is 1460 g/mol. The van der Waals surface area contributed by atoms with Gasteiger partial charge in [-0.05, 0) is 141 Å². The summed E-state index contributed by atoms with van der Waals surface area (Å²) in [6.07, 6.45) is 9.40. The molecular formula is C96H96Cl2Si2Zr2-2. The second-order valence-corrected chi connectivity index (χ2v) is 46.4. The summed E-state index contributed by atoms with van der Waals surface area (Å²) in [7, 11) is 0. The quantitative estimate of drug-likeness (QED) is 0.0845. The Morgan fingerprint density at radius 1 is 0.255 bits per heavy atom. The van der Waals surface area contributed by atoms with Gasteiger partial charge in [0.05, 0.1) is 0 Å². The molecule has 16 rings (SSSR count). The third-order valence-electron chi connectivity index (χ3n) is 19.0. The first-order valence-corrected chi connectivity index (χ1v) is 48.7. The van der Waals surface area contributed by atoms with Crippen LogP contribution in [0.5, 0.6) is 0 Å². The largest absolute Gasteiger partial charge is 1.00 e. The molecule has 102 heavy (non-hydrogen) atoms. The zero-order chi connectivity index (χ0) is 70.4. The molecule has 0 spiro atoms. The molecule has 0 saturated carbocycles. The van der Waals surface area contributed by atoms with Crippen LogP contribution < -0.4 is 24.8 Å². The van der Waals surface area contributed by atoms with Crippen molar-refractivity contribution < 1.29 is 71.5 Å². The third kappa shape index (κ3) is 18.7. The average molecular weight is 1560 g/mol. The summed E-state index contributed by atoms with van der Waals surface area (Å²) in [6, 6.07) is 98.4. The van der Waals surface area contributed by atoms with Gasteiger partial charge in [-0.1, -0.05) is 245 Å². The van der Waals surface area contributed by atoms with E-state index in [0.29, 0.717) is 0 Å². The minimum absolute atomic E-state index is 0. The molecule has 512 valence electrons. The fourth-order valence-corrected chi connectivity index (χ4v) is 14.7. The van der Waals surface area contributed by atoms with Crippen molar-refractivity contribution in [3.63, 3.8) is 0 Å². The van der Waals surface area contributed by atoms with Crippen molar-refractivity contribution >= 4 is 97.0 Å². The molecule has 0 aliphatic heterocycles. The smallest absolute Gasteiger partial charge is 1.00 e. The van der Waals surface area contributed by atoms with Gasteiger partial charge in [0.2, 0.25) is 0 Å². The van der Waals surface area contributed by atoms with Gasteiger partial charge >= 0.3 is 83.7 Å². The van der Waals surface area contributed by atoms with Crippen LogP contribution in [0.3, 0.4) is 0 Å². The monoisotopic (exact) mass is 1550 g/mol. The van der Waals surface area contributed by atoms with Crippen molar-refractivity contribution in [2.45, 2.75) is 133 Å². The van der Waals surface area contributed by atoms with E-state index in [4.69, 9.17) is 0 Å². The minimum atomic E-state index is 0. The topological polar surface area (TPSA) is 0 Å². The van der Waals surface area contributed by atoms with Crippen molar-refractivity contribution in [3.05, 3.63) is 311 Å². The van der Waals surface area contributed by atoms with Crippen LogP contribution >= 0.6 is 0 Å². The molecule has 0 nitrogen and oxygen atoms in total. The Bertz CT molecular complexity index is 4850. The Morgan fingerprint density at radius 2 is 0.451 bits per heavy atom. The summed E-state index contributed by atoms with van der Waals surface area (Å²) in [5.74, 6) is 0. The predicted molar refractivity (Wildman–Crippen MR) is 440 cm³/mol. The maximum Gasteiger partial charge on any atom is -1.00 e. The Morgan fingerprint density at radius 3 is 0.647 bits per heavy atom. The van der Waals surface area contributed by atoms with Crippen LogP contribution in [0.4, 0.5) is 0 Å². The number of fused-ring (bicyclic) bond motifs is 8. The zero-order valence-electron chi connectivity index (χ0n) is 61.8. The Kier molecular flexibility index (Phi) is 29.1. The number of rotatable bonds is 12. The first-order valence-electron chi connectivity index (χ1n) is 36.3. The molecule has 0 atom stereocenters. The van der Waals surface area contributed by atoms with E-state index in [-0.39, 0.29) is 35.7 Å². The van der Waals surface area contributed by atoms with Crippen LogP contribution in [0.15, 0.2) is 267 Å². The first kappa shape index (κ1) is 79.0. The van der Waals surface area contributed by atoms with Crippen molar-refractivity contribution in [1.82, 2.24) is 0 Å². The minimum Gasteiger partial charge on any atom is -1.00 e. The van der Waals surface area contributed by atoms with Crippen molar-refractivity contribution in [2.24, 2.45) is 0 Å². The summed E-state index contributed by atoms with van der Waals surface area (Å²) >= 11 is 3.48. The van der Waals surface area contributed by atoms with Crippen LogP contribution in [0.1, 0.15) is 97.9 Å². The van der Waals surface area contributed by atoms with E-state index in [9.17, 15) is 0 Å². The van der Waals surface area contributed by atoms with Crippen LogP contribution in [0.2, 0.25) is 26.2 Å². The summed E-state index contributed by atoms with van der Waals surface area (Å²) in [5.41, 5.74) is 22.5. The van der Waals surface area contributed by atoms with E-state index < -0.39 is 0 Å². The molecule has 0 heterocycles. The number of aryl methyl sites for hydroxylation is 8. The van der Waals surface area contributed by atoms with Gasteiger partial charge in [0.1, 0.15) is 0 Å². The number of benzene rings is 12.